The molecule has 2 rings (SSSR count). The maximum Gasteiger partial charge on any atom is 0.153 e. The number of aromatic hydroxyl groups is 1. The van der Waals surface area contributed by atoms with Gasteiger partial charge in [-0.1, -0.05) is 30.1 Å². The molecule has 0 heterocycles. The predicted octanol–water partition coefficient (Wildman–Crippen LogP) is 1.88. The summed E-state index contributed by atoms with van der Waals surface area (Å²) >= 11 is 0. The van der Waals surface area contributed by atoms with Gasteiger partial charge in [-0.3, -0.25) is 4.90 Å². The van der Waals surface area contributed by atoms with E-state index >= 15 is 0 Å². The third kappa shape index (κ3) is 3.86. The smallest absolute Gasteiger partial charge is 0.153 e. The lowest BCUT2D eigenvalue weighted by atomic mass is 10.1. The fourth-order valence-electron chi connectivity index (χ4n) is 2.66. The van der Waals surface area contributed by atoms with Crippen LogP contribution in [-0.2, 0) is 6.54 Å². The van der Waals surface area contributed by atoms with Crippen molar-refractivity contribution in [2.45, 2.75) is 38.3 Å². The lowest BCUT2D eigenvalue weighted by Gasteiger charge is -2.28. The van der Waals surface area contributed by atoms with Crippen LogP contribution in [0.4, 0.5) is 0 Å². The molecule has 0 radical (unpaired) electrons. The van der Waals surface area contributed by atoms with Gasteiger partial charge < -0.3 is 16.0 Å². The molecule has 1 aliphatic carbocycles. The van der Waals surface area contributed by atoms with Gasteiger partial charge in [-0.2, -0.15) is 0 Å². The minimum absolute atomic E-state index is 0.241. The average Bonchev–Trinajstić information content (AvgIpc) is 2.94. The number of oxime groups is 1. The Morgan fingerprint density at radius 1 is 1.26 bits per heavy atom. The molecule has 0 atom stereocenters. The Bertz CT molecular complexity index is 425. The first-order chi connectivity index (χ1) is 9.19. The van der Waals surface area contributed by atoms with Crippen LogP contribution in [0.3, 0.4) is 0 Å². The van der Waals surface area contributed by atoms with Crippen molar-refractivity contribution in [1.29, 1.82) is 0 Å². The molecule has 1 aliphatic rings. The van der Waals surface area contributed by atoms with Crippen molar-refractivity contribution in [2.75, 3.05) is 6.54 Å². The molecular weight excluding hydrogens is 242 g/mol. The first-order valence-electron chi connectivity index (χ1n) is 6.67. The normalized spacial score (nSPS) is 17.2. The summed E-state index contributed by atoms with van der Waals surface area (Å²) in [6, 6.07) is 7.68. The Hall–Kier alpha value is -1.75. The zero-order valence-corrected chi connectivity index (χ0v) is 11.0. The minimum Gasteiger partial charge on any atom is -0.508 e. The highest BCUT2D eigenvalue weighted by Gasteiger charge is 2.23. The van der Waals surface area contributed by atoms with Crippen molar-refractivity contribution < 1.29 is 10.3 Å². The summed E-state index contributed by atoms with van der Waals surface area (Å²) in [5, 5.41) is 21.1. The van der Waals surface area contributed by atoms with Crippen LogP contribution in [0.5, 0.6) is 5.75 Å². The molecule has 0 aromatic heterocycles. The van der Waals surface area contributed by atoms with Crippen molar-refractivity contribution in [1.82, 2.24) is 4.90 Å². The molecule has 1 fully saturated rings. The summed E-state index contributed by atoms with van der Waals surface area (Å²) in [6.45, 7) is 1.23. The molecule has 4 N–H and O–H groups in total. The first-order valence-corrected chi connectivity index (χ1v) is 6.67. The molecule has 1 aromatic rings. The molecule has 1 aromatic carbocycles. The maximum absolute atomic E-state index is 9.30. The van der Waals surface area contributed by atoms with Crippen LogP contribution in [-0.4, -0.2) is 33.6 Å². The van der Waals surface area contributed by atoms with Gasteiger partial charge in [-0.15, -0.1) is 0 Å². The second kappa shape index (κ2) is 6.43. The Morgan fingerprint density at radius 2 is 1.89 bits per heavy atom. The Kier molecular flexibility index (Phi) is 4.63. The molecule has 104 valence electrons. The molecule has 0 aliphatic heterocycles. The van der Waals surface area contributed by atoms with E-state index in [2.05, 4.69) is 10.1 Å². The van der Waals surface area contributed by atoms with Crippen LogP contribution < -0.4 is 5.73 Å². The molecule has 5 heteroatoms. The van der Waals surface area contributed by atoms with Gasteiger partial charge in [0.05, 0.1) is 6.54 Å². The summed E-state index contributed by atoms with van der Waals surface area (Å²) in [6.07, 6.45) is 4.81. The van der Waals surface area contributed by atoms with Crippen LogP contribution in [0, 0.1) is 0 Å². The van der Waals surface area contributed by atoms with Crippen molar-refractivity contribution in [3.63, 3.8) is 0 Å². The van der Waals surface area contributed by atoms with Gasteiger partial charge in [0.1, 0.15) is 5.75 Å². The Morgan fingerprint density at radius 3 is 2.47 bits per heavy atom. The van der Waals surface area contributed by atoms with Crippen molar-refractivity contribution in [3.8, 4) is 5.75 Å². The van der Waals surface area contributed by atoms with Crippen LogP contribution in [0.1, 0.15) is 31.2 Å². The van der Waals surface area contributed by atoms with Gasteiger partial charge in [-0.05, 0) is 30.5 Å². The minimum atomic E-state index is 0.241. The lowest BCUT2D eigenvalue weighted by molar-refractivity contribution is 0.214. The molecular formula is C14H21N3O2. The quantitative estimate of drug-likeness (QED) is 0.328. The van der Waals surface area contributed by atoms with E-state index in [9.17, 15) is 5.11 Å². The lowest BCUT2D eigenvalue weighted by Crippen LogP contribution is -2.39. The fraction of sp³-hybridized carbons (Fsp3) is 0.500. The summed E-state index contributed by atoms with van der Waals surface area (Å²) in [7, 11) is 0. The summed E-state index contributed by atoms with van der Waals surface area (Å²) in [5.74, 6) is 0.512. The van der Waals surface area contributed by atoms with E-state index in [4.69, 9.17) is 10.9 Å². The second-order valence-corrected chi connectivity index (χ2v) is 5.10. The maximum atomic E-state index is 9.30. The van der Waals surface area contributed by atoms with Gasteiger partial charge in [-0.25, -0.2) is 0 Å². The third-order valence-corrected chi connectivity index (χ3v) is 3.66. The van der Waals surface area contributed by atoms with Crippen molar-refractivity contribution >= 4 is 5.84 Å². The molecule has 0 bridgehead atoms. The van der Waals surface area contributed by atoms with E-state index in [1.807, 2.05) is 12.1 Å². The van der Waals surface area contributed by atoms with Crippen LogP contribution in [0.25, 0.3) is 0 Å². The van der Waals surface area contributed by atoms with E-state index < -0.39 is 0 Å². The largest absolute Gasteiger partial charge is 0.508 e. The van der Waals surface area contributed by atoms with E-state index in [1.165, 1.54) is 12.8 Å². The molecule has 0 saturated heterocycles. The zero-order chi connectivity index (χ0) is 13.7. The van der Waals surface area contributed by atoms with Gasteiger partial charge in [0.15, 0.2) is 5.84 Å². The number of rotatable bonds is 5. The molecule has 0 unspecified atom stereocenters. The summed E-state index contributed by atoms with van der Waals surface area (Å²) in [5.41, 5.74) is 6.76. The highest BCUT2D eigenvalue weighted by atomic mass is 16.4. The number of amidine groups is 1. The number of hydrogen-bond acceptors (Lipinski definition) is 4. The number of nitrogens with zero attached hydrogens (tertiary/aromatic N) is 2. The van der Waals surface area contributed by atoms with E-state index in [1.54, 1.807) is 12.1 Å². The SMILES string of the molecule is NC(CN(Cc1ccc(O)cc1)C1CCCC1)=NO. The number of phenolic OH excluding ortho intramolecular Hbond substituents is 1. The third-order valence-electron chi connectivity index (χ3n) is 3.66. The zero-order valence-electron chi connectivity index (χ0n) is 11.0. The average molecular weight is 263 g/mol. The van der Waals surface area contributed by atoms with Gasteiger partial charge >= 0.3 is 0 Å². The van der Waals surface area contributed by atoms with E-state index in [0.29, 0.717) is 12.6 Å². The predicted molar refractivity (Wildman–Crippen MR) is 74.2 cm³/mol. The van der Waals surface area contributed by atoms with Gasteiger partial charge in [0, 0.05) is 12.6 Å². The summed E-state index contributed by atoms with van der Waals surface area (Å²) in [4.78, 5) is 2.24. The van der Waals surface area contributed by atoms with Gasteiger partial charge in [0.2, 0.25) is 0 Å². The standard InChI is InChI=1S/C14H21N3O2/c15-14(16-19)10-17(12-3-1-2-4-12)9-11-5-7-13(18)8-6-11/h5-8,12,18-19H,1-4,9-10H2,(H2,15,16). The van der Waals surface area contributed by atoms with Crippen LogP contribution in [0.2, 0.25) is 0 Å². The highest BCUT2D eigenvalue weighted by Crippen LogP contribution is 2.25. The molecule has 1 saturated carbocycles. The number of benzene rings is 1. The van der Waals surface area contributed by atoms with E-state index in [0.717, 1.165) is 24.9 Å². The molecule has 5 nitrogen and oxygen atoms in total. The van der Waals surface area contributed by atoms with Crippen LogP contribution >= 0.6 is 0 Å². The van der Waals surface area contributed by atoms with Crippen LogP contribution in [0.15, 0.2) is 29.4 Å². The topological polar surface area (TPSA) is 82.1 Å². The Balaban J connectivity index is 2.05. The fourth-order valence-corrected chi connectivity index (χ4v) is 2.66. The van der Waals surface area contributed by atoms with Gasteiger partial charge in [0.25, 0.3) is 0 Å². The number of phenols is 1. The molecule has 19 heavy (non-hydrogen) atoms. The van der Waals surface area contributed by atoms with E-state index in [-0.39, 0.29) is 11.6 Å². The second-order valence-electron chi connectivity index (χ2n) is 5.10. The number of hydrogen-bond donors (Lipinski definition) is 3. The highest BCUT2D eigenvalue weighted by molar-refractivity contribution is 5.81. The Labute approximate surface area is 113 Å². The molecule has 0 amide bonds. The summed E-state index contributed by atoms with van der Waals surface area (Å²) < 4.78 is 0. The monoisotopic (exact) mass is 263 g/mol. The molecule has 0 spiro atoms. The van der Waals surface area contributed by atoms with Crippen molar-refractivity contribution in [2.24, 2.45) is 10.9 Å². The number of nitrogens with two attached hydrogens (primary N) is 1. The first kappa shape index (κ1) is 13.7. The van der Waals surface area contributed by atoms with Crippen molar-refractivity contribution in [3.05, 3.63) is 29.8 Å².